The van der Waals surface area contributed by atoms with E-state index in [1.807, 2.05) is 19.2 Å². The fraction of sp³-hybridized carbons (Fsp3) is 0.385. The van der Waals surface area contributed by atoms with Gasteiger partial charge in [0.2, 0.25) is 0 Å². The Morgan fingerprint density at radius 1 is 1.41 bits per heavy atom. The largest absolute Gasteiger partial charge is 0.495 e. The van der Waals surface area contributed by atoms with Crippen molar-refractivity contribution in [2.75, 3.05) is 20.7 Å². The number of hydrogen-bond donors (Lipinski definition) is 1. The van der Waals surface area contributed by atoms with E-state index in [0.29, 0.717) is 0 Å². The van der Waals surface area contributed by atoms with Crippen LogP contribution in [-0.2, 0) is 13.5 Å². The summed E-state index contributed by atoms with van der Waals surface area (Å²) >= 11 is 3.69. The average Bonchev–Trinajstić information content (AvgIpc) is 2.60. The molecule has 0 aliphatic heterocycles. The second-order valence-corrected chi connectivity index (χ2v) is 4.82. The van der Waals surface area contributed by atoms with Gasteiger partial charge >= 0.3 is 0 Å². The lowest BCUT2D eigenvalue weighted by Gasteiger charge is -2.07. The lowest BCUT2D eigenvalue weighted by molar-refractivity contribution is 0.417. The Kier molecular flexibility index (Phi) is 3.74. The molecule has 92 valence electrons. The second kappa shape index (κ2) is 5.10. The highest BCUT2D eigenvalue weighted by Crippen LogP contribution is 2.35. The van der Waals surface area contributed by atoms with Crippen LogP contribution in [0, 0.1) is 0 Å². The maximum absolute atomic E-state index is 5.42. The van der Waals surface area contributed by atoms with E-state index in [1.54, 1.807) is 7.11 Å². The summed E-state index contributed by atoms with van der Waals surface area (Å²) in [6.45, 7) is 0.963. The number of likely N-dealkylation sites (N-methyl/N-ethyl adjacent to an activating group) is 1. The van der Waals surface area contributed by atoms with Crippen molar-refractivity contribution in [2.24, 2.45) is 7.05 Å². The van der Waals surface area contributed by atoms with Crippen LogP contribution >= 0.6 is 15.9 Å². The van der Waals surface area contributed by atoms with Gasteiger partial charge < -0.3 is 14.6 Å². The Balaban J connectivity index is 2.63. The van der Waals surface area contributed by atoms with Gasteiger partial charge in [0.15, 0.2) is 0 Å². The third-order valence-electron chi connectivity index (χ3n) is 3.06. The molecule has 4 heteroatoms. The molecule has 0 aliphatic carbocycles. The average molecular weight is 297 g/mol. The van der Waals surface area contributed by atoms with Crippen molar-refractivity contribution in [3.63, 3.8) is 0 Å². The van der Waals surface area contributed by atoms with E-state index in [-0.39, 0.29) is 0 Å². The topological polar surface area (TPSA) is 26.2 Å². The van der Waals surface area contributed by atoms with Crippen molar-refractivity contribution >= 4 is 26.8 Å². The zero-order valence-electron chi connectivity index (χ0n) is 10.4. The molecule has 1 aromatic carbocycles. The van der Waals surface area contributed by atoms with E-state index in [0.717, 1.165) is 24.2 Å². The highest BCUT2D eigenvalue weighted by Gasteiger charge is 2.15. The van der Waals surface area contributed by atoms with Crippen LogP contribution in [0.15, 0.2) is 22.7 Å². The number of halogens is 1. The Bertz CT molecular complexity index is 534. The van der Waals surface area contributed by atoms with Gasteiger partial charge in [-0.1, -0.05) is 12.1 Å². The summed E-state index contributed by atoms with van der Waals surface area (Å²) in [4.78, 5) is 0. The van der Waals surface area contributed by atoms with Crippen LogP contribution < -0.4 is 10.1 Å². The summed E-state index contributed by atoms with van der Waals surface area (Å²) < 4.78 is 8.80. The fourth-order valence-electron chi connectivity index (χ4n) is 2.17. The number of para-hydroxylation sites is 1. The molecule has 0 unspecified atom stereocenters. The maximum atomic E-state index is 5.42. The summed E-state index contributed by atoms with van der Waals surface area (Å²) in [7, 11) is 5.76. The minimum Gasteiger partial charge on any atom is -0.495 e. The predicted molar refractivity (Wildman–Crippen MR) is 74.8 cm³/mol. The molecule has 0 atom stereocenters. The number of benzene rings is 1. The zero-order valence-corrected chi connectivity index (χ0v) is 12.0. The summed E-state index contributed by atoms with van der Waals surface area (Å²) in [5.74, 6) is 0.918. The van der Waals surface area contributed by atoms with Crippen molar-refractivity contribution in [3.05, 3.63) is 28.4 Å². The number of hydrogen-bond acceptors (Lipinski definition) is 2. The Hall–Kier alpha value is -1.00. The maximum Gasteiger partial charge on any atom is 0.143 e. The van der Waals surface area contributed by atoms with Gasteiger partial charge in [0.25, 0.3) is 0 Å². The minimum atomic E-state index is 0.918. The number of aromatic nitrogens is 1. The number of methoxy groups -OCH3 is 1. The van der Waals surface area contributed by atoms with Gasteiger partial charge in [-0.05, 0) is 29.0 Å². The first-order chi connectivity index (χ1) is 8.20. The van der Waals surface area contributed by atoms with Crippen LogP contribution in [0.2, 0.25) is 0 Å². The number of aryl methyl sites for hydroxylation is 1. The number of ether oxygens (including phenoxy) is 1. The smallest absolute Gasteiger partial charge is 0.143 e. The number of fused-ring (bicyclic) bond motifs is 1. The molecule has 1 N–H and O–H groups in total. The molecule has 2 aromatic rings. The molecule has 0 aliphatic rings. The first-order valence-electron chi connectivity index (χ1n) is 5.65. The highest BCUT2D eigenvalue weighted by molar-refractivity contribution is 9.10. The van der Waals surface area contributed by atoms with Crippen LogP contribution in [-0.4, -0.2) is 25.3 Å². The standard InChI is InChI=1S/C13H17BrN2O/c1-15-8-7-10-12(14)9-5-4-6-11(17-3)13(9)16(10)2/h4-6,15H,7-8H2,1-3H3. The van der Waals surface area contributed by atoms with Crippen LogP contribution in [0.4, 0.5) is 0 Å². The molecule has 0 fully saturated rings. The van der Waals surface area contributed by atoms with Crippen LogP contribution in [0.5, 0.6) is 5.75 Å². The Labute approximate surface area is 110 Å². The number of rotatable bonds is 4. The SMILES string of the molecule is CNCCc1c(Br)c2cccc(OC)c2n1C. The number of nitrogens with one attached hydrogen (secondary N) is 1. The fourth-order valence-corrected chi connectivity index (χ4v) is 2.95. The van der Waals surface area contributed by atoms with E-state index in [2.05, 4.69) is 38.9 Å². The molecular weight excluding hydrogens is 280 g/mol. The Morgan fingerprint density at radius 3 is 2.82 bits per heavy atom. The second-order valence-electron chi connectivity index (χ2n) is 4.03. The summed E-state index contributed by atoms with van der Waals surface area (Å²) in [5.41, 5.74) is 2.44. The van der Waals surface area contributed by atoms with E-state index >= 15 is 0 Å². The molecule has 2 rings (SSSR count). The van der Waals surface area contributed by atoms with Crippen molar-refractivity contribution in [1.29, 1.82) is 0 Å². The molecule has 0 saturated carbocycles. The van der Waals surface area contributed by atoms with Gasteiger partial charge in [-0.15, -0.1) is 0 Å². The van der Waals surface area contributed by atoms with Crippen molar-refractivity contribution in [1.82, 2.24) is 9.88 Å². The van der Waals surface area contributed by atoms with Crippen molar-refractivity contribution in [3.8, 4) is 5.75 Å². The van der Waals surface area contributed by atoms with Gasteiger partial charge in [-0.2, -0.15) is 0 Å². The zero-order chi connectivity index (χ0) is 12.4. The summed E-state index contributed by atoms with van der Waals surface area (Å²) in [6.07, 6.45) is 0.991. The first-order valence-corrected chi connectivity index (χ1v) is 6.44. The third kappa shape index (κ3) is 2.07. The molecular formula is C13H17BrN2O. The molecule has 0 spiro atoms. The van der Waals surface area contributed by atoms with E-state index in [9.17, 15) is 0 Å². The first kappa shape index (κ1) is 12.5. The monoisotopic (exact) mass is 296 g/mol. The molecule has 0 amide bonds. The van der Waals surface area contributed by atoms with Gasteiger partial charge in [0.1, 0.15) is 5.75 Å². The van der Waals surface area contributed by atoms with Crippen molar-refractivity contribution in [2.45, 2.75) is 6.42 Å². The van der Waals surface area contributed by atoms with E-state index in [1.165, 1.54) is 15.6 Å². The molecule has 0 saturated heterocycles. The third-order valence-corrected chi connectivity index (χ3v) is 3.95. The minimum absolute atomic E-state index is 0.918. The normalized spacial score (nSPS) is 11.1. The number of nitrogens with zero attached hydrogens (tertiary/aromatic N) is 1. The lowest BCUT2D eigenvalue weighted by Crippen LogP contribution is -2.12. The molecule has 0 radical (unpaired) electrons. The van der Waals surface area contributed by atoms with E-state index < -0.39 is 0 Å². The quantitative estimate of drug-likeness (QED) is 0.939. The van der Waals surface area contributed by atoms with Crippen LogP contribution in [0.25, 0.3) is 10.9 Å². The van der Waals surface area contributed by atoms with Crippen molar-refractivity contribution < 1.29 is 4.74 Å². The summed E-state index contributed by atoms with van der Waals surface area (Å²) in [5, 5.41) is 4.38. The molecule has 17 heavy (non-hydrogen) atoms. The van der Waals surface area contributed by atoms with Gasteiger partial charge in [-0.25, -0.2) is 0 Å². The Morgan fingerprint density at radius 2 is 2.18 bits per heavy atom. The van der Waals surface area contributed by atoms with Gasteiger partial charge in [0.05, 0.1) is 12.6 Å². The molecule has 1 heterocycles. The van der Waals surface area contributed by atoms with E-state index in [4.69, 9.17) is 4.74 Å². The highest BCUT2D eigenvalue weighted by atomic mass is 79.9. The molecule has 1 aromatic heterocycles. The van der Waals surface area contributed by atoms with Crippen LogP contribution in [0.1, 0.15) is 5.69 Å². The molecule has 0 bridgehead atoms. The molecule has 3 nitrogen and oxygen atoms in total. The lowest BCUT2D eigenvalue weighted by atomic mass is 10.2. The van der Waals surface area contributed by atoms with Crippen LogP contribution in [0.3, 0.4) is 0 Å². The van der Waals surface area contributed by atoms with Gasteiger partial charge in [-0.3, -0.25) is 0 Å². The predicted octanol–water partition coefficient (Wildman–Crippen LogP) is 2.71. The van der Waals surface area contributed by atoms with Gasteiger partial charge in [0, 0.05) is 35.6 Å². The summed E-state index contributed by atoms with van der Waals surface area (Å²) in [6, 6.07) is 6.13.